The normalized spacial score (nSPS) is 29.7. The summed E-state index contributed by atoms with van der Waals surface area (Å²) in [7, 11) is 0. The van der Waals surface area contributed by atoms with Gasteiger partial charge in [-0.2, -0.15) is 0 Å². The zero-order valence-corrected chi connectivity index (χ0v) is 11.0. The van der Waals surface area contributed by atoms with Crippen LogP contribution in [0.5, 0.6) is 0 Å². The van der Waals surface area contributed by atoms with Crippen molar-refractivity contribution in [3.63, 3.8) is 0 Å². The van der Waals surface area contributed by atoms with Gasteiger partial charge in [0.05, 0.1) is 0 Å². The van der Waals surface area contributed by atoms with Crippen molar-refractivity contribution in [3.8, 4) is 0 Å². The van der Waals surface area contributed by atoms with Crippen LogP contribution in [0.2, 0.25) is 0 Å². The van der Waals surface area contributed by atoms with Gasteiger partial charge in [-0.3, -0.25) is 0 Å². The first kappa shape index (κ1) is 13.3. The molecule has 2 amide bonds. The van der Waals surface area contributed by atoms with E-state index in [0.29, 0.717) is 6.04 Å². The average molecular weight is 226 g/mol. The predicted molar refractivity (Wildman–Crippen MR) is 67.3 cm³/mol. The van der Waals surface area contributed by atoms with E-state index in [9.17, 15) is 4.79 Å². The molecule has 1 aliphatic heterocycles. The lowest BCUT2D eigenvalue weighted by Crippen LogP contribution is -2.50. The van der Waals surface area contributed by atoms with Gasteiger partial charge in [-0.25, -0.2) is 4.79 Å². The number of carbonyl (C=O) groups is 1. The molecule has 1 heterocycles. The van der Waals surface area contributed by atoms with Crippen molar-refractivity contribution in [2.75, 3.05) is 0 Å². The summed E-state index contributed by atoms with van der Waals surface area (Å²) in [5.74, 6) is 0. The van der Waals surface area contributed by atoms with E-state index in [4.69, 9.17) is 5.73 Å². The molecule has 0 bridgehead atoms. The first-order chi connectivity index (χ1) is 7.51. The number of nitrogens with zero attached hydrogens (tertiary/aromatic N) is 1. The summed E-state index contributed by atoms with van der Waals surface area (Å²) in [4.78, 5) is 13.4. The molecule has 3 nitrogen and oxygen atoms in total. The van der Waals surface area contributed by atoms with E-state index < -0.39 is 0 Å². The third-order valence-corrected chi connectivity index (χ3v) is 3.93. The van der Waals surface area contributed by atoms with Crippen molar-refractivity contribution in [2.24, 2.45) is 5.73 Å². The molecular weight excluding hydrogens is 200 g/mol. The molecule has 0 aromatic heterocycles. The van der Waals surface area contributed by atoms with Crippen LogP contribution in [0.3, 0.4) is 0 Å². The van der Waals surface area contributed by atoms with Crippen LogP contribution in [0.25, 0.3) is 0 Å². The lowest BCUT2D eigenvalue weighted by atomic mass is 9.91. The Hall–Kier alpha value is -0.730. The van der Waals surface area contributed by atoms with E-state index in [1.807, 2.05) is 4.90 Å². The lowest BCUT2D eigenvalue weighted by molar-refractivity contribution is 0.135. The molecule has 0 aliphatic carbocycles. The molecular formula is C13H26N2O. The number of carbonyl (C=O) groups excluding carboxylic acids is 1. The number of unbranched alkanes of at least 4 members (excludes halogenated alkanes) is 3. The average Bonchev–Trinajstić information content (AvgIpc) is 2.50. The summed E-state index contributed by atoms with van der Waals surface area (Å²) in [6.07, 6.45) is 8.32. The Morgan fingerprint density at radius 3 is 2.69 bits per heavy atom. The Kier molecular flexibility index (Phi) is 4.63. The van der Waals surface area contributed by atoms with Gasteiger partial charge in [-0.1, -0.05) is 32.6 Å². The molecule has 2 unspecified atom stereocenters. The fourth-order valence-electron chi connectivity index (χ4n) is 2.96. The molecule has 1 aliphatic rings. The van der Waals surface area contributed by atoms with E-state index in [1.54, 1.807) is 0 Å². The highest BCUT2D eigenvalue weighted by Crippen LogP contribution is 2.37. The molecule has 0 saturated carbocycles. The number of nitrogens with two attached hydrogens (primary N) is 1. The molecule has 94 valence electrons. The first-order valence-electron chi connectivity index (χ1n) is 6.60. The fourth-order valence-corrected chi connectivity index (χ4v) is 2.96. The SMILES string of the molecule is CCCCCCC1(C)CCC(C)N1C(N)=O. The largest absolute Gasteiger partial charge is 0.351 e. The smallest absolute Gasteiger partial charge is 0.315 e. The van der Waals surface area contributed by atoms with E-state index >= 15 is 0 Å². The highest BCUT2D eigenvalue weighted by molar-refractivity contribution is 5.73. The molecule has 0 spiro atoms. The third-order valence-electron chi connectivity index (χ3n) is 3.93. The summed E-state index contributed by atoms with van der Waals surface area (Å²) in [6, 6.07) is 0.0664. The molecule has 0 radical (unpaired) electrons. The maximum atomic E-state index is 11.5. The monoisotopic (exact) mass is 226 g/mol. The van der Waals surface area contributed by atoms with Gasteiger partial charge in [-0.05, 0) is 33.1 Å². The molecule has 0 aromatic carbocycles. The summed E-state index contributed by atoms with van der Waals surface area (Å²) < 4.78 is 0. The zero-order chi connectivity index (χ0) is 12.2. The van der Waals surface area contributed by atoms with Crippen molar-refractivity contribution < 1.29 is 4.79 Å². The molecule has 2 atom stereocenters. The number of amides is 2. The molecule has 1 fully saturated rings. The van der Waals surface area contributed by atoms with Gasteiger partial charge >= 0.3 is 6.03 Å². The summed E-state index contributed by atoms with van der Waals surface area (Å²) in [5.41, 5.74) is 5.49. The van der Waals surface area contributed by atoms with E-state index in [0.717, 1.165) is 19.3 Å². The van der Waals surface area contributed by atoms with Crippen molar-refractivity contribution in [2.45, 2.75) is 77.3 Å². The second-order valence-corrected chi connectivity index (χ2v) is 5.40. The van der Waals surface area contributed by atoms with Crippen LogP contribution in [-0.4, -0.2) is 22.5 Å². The van der Waals surface area contributed by atoms with Gasteiger partial charge in [0.1, 0.15) is 0 Å². The lowest BCUT2D eigenvalue weighted by Gasteiger charge is -2.36. The standard InChI is InChI=1S/C13H26N2O/c1-4-5-6-7-9-13(3)10-8-11(2)15(13)12(14)16/h11H,4-10H2,1-3H3,(H2,14,16). The van der Waals surface area contributed by atoms with Gasteiger partial charge in [0.25, 0.3) is 0 Å². The minimum Gasteiger partial charge on any atom is -0.351 e. The third kappa shape index (κ3) is 2.89. The van der Waals surface area contributed by atoms with Crippen LogP contribution in [0.1, 0.15) is 65.7 Å². The second-order valence-electron chi connectivity index (χ2n) is 5.40. The predicted octanol–water partition coefficient (Wildman–Crippen LogP) is 3.28. The Balaban J connectivity index is 2.50. The number of hydrogen-bond donors (Lipinski definition) is 1. The summed E-state index contributed by atoms with van der Waals surface area (Å²) >= 11 is 0. The molecule has 16 heavy (non-hydrogen) atoms. The molecule has 3 heteroatoms. The number of likely N-dealkylation sites (tertiary alicyclic amines) is 1. The van der Waals surface area contributed by atoms with E-state index in [1.165, 1.54) is 25.7 Å². The van der Waals surface area contributed by atoms with Crippen LogP contribution in [-0.2, 0) is 0 Å². The maximum Gasteiger partial charge on any atom is 0.315 e. The van der Waals surface area contributed by atoms with Gasteiger partial charge in [0, 0.05) is 11.6 Å². The molecule has 2 N–H and O–H groups in total. The van der Waals surface area contributed by atoms with Gasteiger partial charge in [-0.15, -0.1) is 0 Å². The topological polar surface area (TPSA) is 46.3 Å². The number of urea groups is 1. The summed E-state index contributed by atoms with van der Waals surface area (Å²) in [5, 5.41) is 0. The van der Waals surface area contributed by atoms with Crippen molar-refractivity contribution in [1.82, 2.24) is 4.90 Å². The van der Waals surface area contributed by atoms with Crippen molar-refractivity contribution in [1.29, 1.82) is 0 Å². The van der Waals surface area contributed by atoms with Crippen LogP contribution in [0.15, 0.2) is 0 Å². The highest BCUT2D eigenvalue weighted by Gasteiger charge is 2.42. The summed E-state index contributed by atoms with van der Waals surface area (Å²) in [6.45, 7) is 6.50. The highest BCUT2D eigenvalue weighted by atomic mass is 16.2. The number of hydrogen-bond acceptors (Lipinski definition) is 1. The first-order valence-corrected chi connectivity index (χ1v) is 6.60. The number of rotatable bonds is 5. The Bertz CT molecular complexity index is 242. The minimum absolute atomic E-state index is 0.0129. The Morgan fingerprint density at radius 1 is 1.44 bits per heavy atom. The van der Waals surface area contributed by atoms with Crippen molar-refractivity contribution in [3.05, 3.63) is 0 Å². The Labute approximate surface area is 99.4 Å². The van der Waals surface area contributed by atoms with Gasteiger partial charge in [0.15, 0.2) is 0 Å². The minimum atomic E-state index is -0.247. The molecule has 1 rings (SSSR count). The zero-order valence-electron chi connectivity index (χ0n) is 11.0. The van der Waals surface area contributed by atoms with Crippen LogP contribution in [0, 0.1) is 0 Å². The Morgan fingerprint density at radius 2 is 2.12 bits per heavy atom. The number of primary amides is 1. The van der Waals surface area contributed by atoms with Crippen LogP contribution in [0.4, 0.5) is 4.79 Å². The molecule has 1 saturated heterocycles. The van der Waals surface area contributed by atoms with Crippen LogP contribution < -0.4 is 5.73 Å². The van der Waals surface area contributed by atoms with Gasteiger partial charge in [0.2, 0.25) is 0 Å². The van der Waals surface area contributed by atoms with E-state index in [-0.39, 0.29) is 11.6 Å². The molecule has 0 aromatic rings. The van der Waals surface area contributed by atoms with Crippen LogP contribution >= 0.6 is 0 Å². The fraction of sp³-hybridized carbons (Fsp3) is 0.923. The van der Waals surface area contributed by atoms with Crippen molar-refractivity contribution >= 4 is 6.03 Å². The van der Waals surface area contributed by atoms with E-state index in [2.05, 4.69) is 20.8 Å². The maximum absolute atomic E-state index is 11.5. The van der Waals surface area contributed by atoms with Gasteiger partial charge < -0.3 is 10.6 Å². The quantitative estimate of drug-likeness (QED) is 0.718. The second kappa shape index (κ2) is 5.55.